The molecule has 0 aromatic carbocycles. The highest BCUT2D eigenvalue weighted by atomic mass is 19.4. The molecule has 1 aliphatic rings. The quantitative estimate of drug-likeness (QED) is 0.611. The summed E-state index contributed by atoms with van der Waals surface area (Å²) in [6.07, 6.45) is -4.21. The van der Waals surface area contributed by atoms with Gasteiger partial charge in [0.05, 0.1) is 13.2 Å². The first-order valence-corrected chi connectivity index (χ1v) is 3.73. The summed E-state index contributed by atoms with van der Waals surface area (Å²) in [5, 5.41) is 2.48. The van der Waals surface area contributed by atoms with Crippen molar-refractivity contribution in [3.63, 3.8) is 0 Å². The lowest BCUT2D eigenvalue weighted by Crippen LogP contribution is -2.60. The summed E-state index contributed by atoms with van der Waals surface area (Å²) in [6, 6.07) is -1.53. The fraction of sp³-hybridized carbons (Fsp3) is 1.00. The maximum absolute atomic E-state index is 12.1. The Balaban J connectivity index is 2.58. The minimum absolute atomic E-state index is 0.285. The Morgan fingerprint density at radius 2 is 2.00 bits per heavy atom. The van der Waals surface area contributed by atoms with E-state index < -0.39 is 17.8 Å². The van der Waals surface area contributed by atoms with Crippen molar-refractivity contribution in [2.75, 3.05) is 13.2 Å². The zero-order chi connectivity index (χ0) is 9.41. The number of hydrogen-bond donors (Lipinski definition) is 1. The molecule has 0 amide bonds. The molecule has 1 unspecified atom stereocenters. The van der Waals surface area contributed by atoms with E-state index >= 15 is 0 Å². The lowest BCUT2D eigenvalue weighted by molar-refractivity contribution is -0.187. The molecule has 1 saturated heterocycles. The minimum atomic E-state index is -4.21. The lowest BCUT2D eigenvalue weighted by atomic mass is 10.0. The average molecular weight is 183 g/mol. The molecular weight excluding hydrogens is 171 g/mol. The van der Waals surface area contributed by atoms with E-state index in [-0.39, 0.29) is 6.61 Å². The van der Waals surface area contributed by atoms with Gasteiger partial charge in [0.2, 0.25) is 0 Å². The number of nitrogens with one attached hydrogen (secondary N) is 1. The highest BCUT2D eigenvalue weighted by Gasteiger charge is 2.44. The van der Waals surface area contributed by atoms with Crippen molar-refractivity contribution in [3.05, 3.63) is 0 Å². The zero-order valence-corrected chi connectivity index (χ0v) is 7.03. The van der Waals surface area contributed by atoms with Crippen LogP contribution in [0.1, 0.15) is 13.8 Å². The second-order valence-electron chi connectivity index (χ2n) is 3.64. The normalized spacial score (nSPS) is 30.2. The Labute approximate surface area is 69.1 Å². The molecule has 0 saturated carbocycles. The first-order valence-electron chi connectivity index (χ1n) is 3.73. The summed E-state index contributed by atoms with van der Waals surface area (Å²) in [6.45, 7) is 3.41. The fourth-order valence-electron chi connectivity index (χ4n) is 1.16. The summed E-state index contributed by atoms with van der Waals surface area (Å²) in [7, 11) is 0. The third-order valence-corrected chi connectivity index (χ3v) is 1.71. The molecule has 0 bridgehead atoms. The number of ether oxygens (including phenoxy) is 1. The molecule has 12 heavy (non-hydrogen) atoms. The van der Waals surface area contributed by atoms with E-state index in [4.69, 9.17) is 4.74 Å². The van der Waals surface area contributed by atoms with Gasteiger partial charge in [-0.3, -0.25) is 5.32 Å². The van der Waals surface area contributed by atoms with Gasteiger partial charge in [-0.25, -0.2) is 0 Å². The summed E-state index contributed by atoms with van der Waals surface area (Å²) >= 11 is 0. The Kier molecular flexibility index (Phi) is 2.35. The van der Waals surface area contributed by atoms with Gasteiger partial charge in [-0.15, -0.1) is 0 Å². The summed E-state index contributed by atoms with van der Waals surface area (Å²) in [4.78, 5) is 0. The maximum atomic E-state index is 12.1. The fourth-order valence-corrected chi connectivity index (χ4v) is 1.16. The van der Waals surface area contributed by atoms with Gasteiger partial charge in [0.1, 0.15) is 6.04 Å². The molecule has 1 heterocycles. The van der Waals surface area contributed by atoms with Gasteiger partial charge in [0, 0.05) is 5.54 Å². The molecule has 1 fully saturated rings. The minimum Gasteiger partial charge on any atom is -0.378 e. The number of rotatable bonds is 0. The van der Waals surface area contributed by atoms with Gasteiger partial charge in [-0.05, 0) is 13.8 Å². The smallest absolute Gasteiger partial charge is 0.378 e. The van der Waals surface area contributed by atoms with E-state index in [2.05, 4.69) is 5.32 Å². The molecule has 0 aromatic heterocycles. The lowest BCUT2D eigenvalue weighted by Gasteiger charge is -2.37. The third-order valence-electron chi connectivity index (χ3n) is 1.71. The first kappa shape index (κ1) is 9.80. The predicted octanol–water partition coefficient (Wildman–Crippen LogP) is 1.32. The number of morpholine rings is 1. The second-order valence-corrected chi connectivity index (χ2v) is 3.64. The molecule has 0 radical (unpaired) electrons. The summed E-state index contributed by atoms with van der Waals surface area (Å²) < 4.78 is 41.3. The van der Waals surface area contributed by atoms with Crippen LogP contribution in [0.5, 0.6) is 0 Å². The van der Waals surface area contributed by atoms with Crippen molar-refractivity contribution in [2.45, 2.75) is 31.6 Å². The van der Waals surface area contributed by atoms with E-state index in [1.807, 2.05) is 0 Å². The largest absolute Gasteiger partial charge is 0.406 e. The van der Waals surface area contributed by atoms with E-state index in [9.17, 15) is 13.2 Å². The molecule has 2 nitrogen and oxygen atoms in total. The van der Waals surface area contributed by atoms with Crippen molar-refractivity contribution < 1.29 is 17.9 Å². The molecule has 1 rings (SSSR count). The molecular formula is C7H12F3NO. The van der Waals surface area contributed by atoms with E-state index in [1.54, 1.807) is 13.8 Å². The highest BCUT2D eigenvalue weighted by Crippen LogP contribution is 2.25. The van der Waals surface area contributed by atoms with Crippen molar-refractivity contribution in [2.24, 2.45) is 0 Å². The maximum Gasteiger partial charge on any atom is 0.406 e. The van der Waals surface area contributed by atoms with Crippen LogP contribution in [0, 0.1) is 0 Å². The molecule has 0 aliphatic carbocycles. The SMILES string of the molecule is CC1(C)COCC(C(F)(F)F)N1. The monoisotopic (exact) mass is 183 g/mol. The third kappa shape index (κ3) is 2.35. The first-order chi connectivity index (χ1) is 5.31. The van der Waals surface area contributed by atoms with Crippen LogP contribution in [0.15, 0.2) is 0 Å². The van der Waals surface area contributed by atoms with Gasteiger partial charge in [0.25, 0.3) is 0 Å². The van der Waals surface area contributed by atoms with E-state index in [0.717, 1.165) is 0 Å². The van der Waals surface area contributed by atoms with Crippen LogP contribution in [0.4, 0.5) is 13.2 Å². The Bertz CT molecular complexity index is 163. The highest BCUT2D eigenvalue weighted by molar-refractivity contribution is 4.89. The number of alkyl halides is 3. The Morgan fingerprint density at radius 3 is 2.33 bits per heavy atom. The van der Waals surface area contributed by atoms with Gasteiger partial charge >= 0.3 is 6.18 Å². The molecule has 1 N–H and O–H groups in total. The van der Waals surface area contributed by atoms with Crippen LogP contribution < -0.4 is 5.32 Å². The molecule has 0 spiro atoms. The summed E-state index contributed by atoms with van der Waals surface area (Å²) in [5.41, 5.74) is -0.585. The standard InChI is InChI=1S/C7H12F3NO/c1-6(2)4-12-3-5(11-6)7(8,9)10/h5,11H,3-4H2,1-2H3. The van der Waals surface area contributed by atoms with Crippen molar-refractivity contribution in [3.8, 4) is 0 Å². The van der Waals surface area contributed by atoms with Crippen molar-refractivity contribution in [1.29, 1.82) is 0 Å². The average Bonchev–Trinajstić information content (AvgIpc) is 1.83. The zero-order valence-electron chi connectivity index (χ0n) is 7.03. The Hall–Kier alpha value is -0.290. The molecule has 0 aromatic rings. The molecule has 1 aliphatic heterocycles. The number of halogens is 3. The molecule has 1 atom stereocenters. The Morgan fingerprint density at radius 1 is 1.42 bits per heavy atom. The van der Waals surface area contributed by atoms with Crippen LogP contribution in [0.2, 0.25) is 0 Å². The van der Waals surface area contributed by atoms with Gasteiger partial charge in [0.15, 0.2) is 0 Å². The van der Waals surface area contributed by atoms with Crippen LogP contribution in [-0.4, -0.2) is 31.0 Å². The molecule has 5 heteroatoms. The number of hydrogen-bond acceptors (Lipinski definition) is 2. The predicted molar refractivity (Wildman–Crippen MR) is 37.9 cm³/mol. The topological polar surface area (TPSA) is 21.3 Å². The van der Waals surface area contributed by atoms with Gasteiger partial charge < -0.3 is 4.74 Å². The molecule has 72 valence electrons. The van der Waals surface area contributed by atoms with Crippen molar-refractivity contribution in [1.82, 2.24) is 5.32 Å². The van der Waals surface area contributed by atoms with Crippen LogP contribution in [0.25, 0.3) is 0 Å². The summed E-state index contributed by atoms with van der Waals surface area (Å²) in [5.74, 6) is 0. The van der Waals surface area contributed by atoms with Crippen LogP contribution in [0.3, 0.4) is 0 Å². The van der Waals surface area contributed by atoms with Crippen LogP contribution in [-0.2, 0) is 4.74 Å². The van der Waals surface area contributed by atoms with Crippen LogP contribution >= 0.6 is 0 Å². The van der Waals surface area contributed by atoms with Gasteiger partial charge in [-0.1, -0.05) is 0 Å². The van der Waals surface area contributed by atoms with E-state index in [1.165, 1.54) is 0 Å². The van der Waals surface area contributed by atoms with Crippen molar-refractivity contribution >= 4 is 0 Å². The van der Waals surface area contributed by atoms with Gasteiger partial charge in [-0.2, -0.15) is 13.2 Å². The second kappa shape index (κ2) is 2.88. The van der Waals surface area contributed by atoms with E-state index in [0.29, 0.717) is 6.61 Å².